The molecule has 13 heavy (non-hydrogen) atoms. The Morgan fingerprint density at radius 1 is 1.46 bits per heavy atom. The molecule has 76 valence electrons. The lowest BCUT2D eigenvalue weighted by Crippen LogP contribution is -2.54. The van der Waals surface area contributed by atoms with Crippen molar-refractivity contribution < 1.29 is 9.47 Å². The van der Waals surface area contributed by atoms with Crippen molar-refractivity contribution >= 4 is 0 Å². The Bertz CT molecular complexity index is 155. The molecule has 2 unspecified atom stereocenters. The van der Waals surface area contributed by atoms with Crippen LogP contribution >= 0.6 is 0 Å². The first kappa shape index (κ1) is 9.44. The molecule has 0 aromatic carbocycles. The molecule has 3 heterocycles. The lowest BCUT2D eigenvalue weighted by Gasteiger charge is -2.45. The van der Waals surface area contributed by atoms with Crippen LogP contribution < -0.4 is 0 Å². The zero-order chi connectivity index (χ0) is 9.10. The Morgan fingerprint density at radius 3 is 2.92 bits per heavy atom. The van der Waals surface area contributed by atoms with Gasteiger partial charge in [-0.25, -0.2) is 0 Å². The third kappa shape index (κ3) is 2.22. The van der Waals surface area contributed by atoms with Crippen LogP contribution in [0.4, 0.5) is 0 Å². The maximum absolute atomic E-state index is 5.64. The fraction of sp³-hybridized carbons (Fsp3) is 1.00. The third-order valence-corrected chi connectivity index (χ3v) is 3.09. The summed E-state index contributed by atoms with van der Waals surface area (Å²) in [5.41, 5.74) is 0. The molecule has 0 aromatic heterocycles. The number of ether oxygens (including phenoxy) is 2. The zero-order valence-electron chi connectivity index (χ0n) is 8.37. The van der Waals surface area contributed by atoms with E-state index in [1.165, 1.54) is 19.4 Å². The largest absolute Gasteiger partial charge is 0.385 e. The molecule has 0 aliphatic carbocycles. The SMILES string of the molecule is COCCCN1CC2CCC1CO2. The van der Waals surface area contributed by atoms with Gasteiger partial charge in [-0.1, -0.05) is 0 Å². The molecule has 3 nitrogen and oxygen atoms in total. The second-order valence-electron chi connectivity index (χ2n) is 4.03. The van der Waals surface area contributed by atoms with E-state index in [2.05, 4.69) is 4.90 Å². The number of nitrogens with zero attached hydrogens (tertiary/aromatic N) is 1. The van der Waals surface area contributed by atoms with E-state index in [0.717, 1.165) is 26.2 Å². The second kappa shape index (κ2) is 4.40. The predicted octanol–water partition coefficient (Wildman–Crippen LogP) is 0.886. The molecule has 0 radical (unpaired) electrons. The summed E-state index contributed by atoms with van der Waals surface area (Å²) in [7, 11) is 1.77. The minimum absolute atomic E-state index is 0.521. The Hall–Kier alpha value is -0.120. The molecule has 0 saturated carbocycles. The molecular weight excluding hydrogens is 166 g/mol. The first-order valence-electron chi connectivity index (χ1n) is 5.24. The quantitative estimate of drug-likeness (QED) is 0.607. The van der Waals surface area contributed by atoms with Gasteiger partial charge in [0.25, 0.3) is 0 Å². The van der Waals surface area contributed by atoms with Crippen LogP contribution in [0.25, 0.3) is 0 Å². The van der Waals surface area contributed by atoms with Gasteiger partial charge in [0.15, 0.2) is 0 Å². The van der Waals surface area contributed by atoms with E-state index in [1.807, 2.05) is 0 Å². The standard InChI is InChI=1S/C10H19NO2/c1-12-6-2-5-11-7-10-4-3-9(11)8-13-10/h9-10H,2-8H2,1H3. The molecular formula is C10H19NO2. The molecule has 0 spiro atoms. The van der Waals surface area contributed by atoms with Gasteiger partial charge in [0.05, 0.1) is 12.7 Å². The summed E-state index contributed by atoms with van der Waals surface area (Å²) in [5, 5.41) is 0. The summed E-state index contributed by atoms with van der Waals surface area (Å²) in [6.07, 6.45) is 4.27. The van der Waals surface area contributed by atoms with Crippen molar-refractivity contribution in [2.24, 2.45) is 0 Å². The van der Waals surface area contributed by atoms with Gasteiger partial charge in [-0.15, -0.1) is 0 Å². The van der Waals surface area contributed by atoms with Crippen molar-refractivity contribution in [3.63, 3.8) is 0 Å². The molecule has 3 fully saturated rings. The van der Waals surface area contributed by atoms with Gasteiger partial charge in [0.1, 0.15) is 0 Å². The Balaban J connectivity index is 1.74. The monoisotopic (exact) mass is 185 g/mol. The number of rotatable bonds is 4. The fourth-order valence-corrected chi connectivity index (χ4v) is 2.32. The van der Waals surface area contributed by atoms with Crippen LogP contribution in [0.3, 0.4) is 0 Å². The average Bonchev–Trinajstić information content (AvgIpc) is 2.20. The third-order valence-electron chi connectivity index (χ3n) is 3.09. The summed E-state index contributed by atoms with van der Waals surface area (Å²) in [4.78, 5) is 2.57. The highest BCUT2D eigenvalue weighted by Gasteiger charge is 2.33. The van der Waals surface area contributed by atoms with Gasteiger partial charge in [0.2, 0.25) is 0 Å². The number of piperidine rings is 1. The summed E-state index contributed by atoms with van der Waals surface area (Å²) in [5.74, 6) is 0. The molecule has 0 amide bonds. The van der Waals surface area contributed by atoms with Crippen molar-refractivity contribution in [1.29, 1.82) is 0 Å². The van der Waals surface area contributed by atoms with Gasteiger partial charge in [-0.3, -0.25) is 4.90 Å². The van der Waals surface area contributed by atoms with Crippen LogP contribution in [0.5, 0.6) is 0 Å². The van der Waals surface area contributed by atoms with Crippen molar-refractivity contribution in [1.82, 2.24) is 4.90 Å². The molecule has 0 aromatic rings. The molecule has 2 bridgehead atoms. The minimum Gasteiger partial charge on any atom is -0.385 e. The summed E-state index contributed by atoms with van der Waals surface area (Å²) < 4.78 is 10.7. The molecule has 2 atom stereocenters. The highest BCUT2D eigenvalue weighted by molar-refractivity contribution is 4.86. The first-order chi connectivity index (χ1) is 6.40. The normalized spacial score (nSPS) is 33.9. The van der Waals surface area contributed by atoms with Crippen LogP contribution in [-0.2, 0) is 9.47 Å². The van der Waals surface area contributed by atoms with Crippen LogP contribution in [-0.4, -0.2) is 50.5 Å². The Labute approximate surface area is 80.0 Å². The highest BCUT2D eigenvalue weighted by atomic mass is 16.5. The first-order valence-corrected chi connectivity index (χ1v) is 5.24. The minimum atomic E-state index is 0.521. The van der Waals surface area contributed by atoms with E-state index in [4.69, 9.17) is 9.47 Å². The van der Waals surface area contributed by atoms with Crippen molar-refractivity contribution in [3.05, 3.63) is 0 Å². The summed E-state index contributed by atoms with van der Waals surface area (Å²) >= 11 is 0. The molecule has 3 aliphatic heterocycles. The number of hydrogen-bond donors (Lipinski definition) is 0. The van der Waals surface area contributed by atoms with Crippen molar-refractivity contribution in [3.8, 4) is 0 Å². The van der Waals surface area contributed by atoms with Crippen LogP contribution in [0.15, 0.2) is 0 Å². The topological polar surface area (TPSA) is 21.7 Å². The molecule has 3 heteroatoms. The number of methoxy groups -OCH3 is 1. The second-order valence-corrected chi connectivity index (χ2v) is 4.03. The van der Waals surface area contributed by atoms with Crippen LogP contribution in [0.2, 0.25) is 0 Å². The van der Waals surface area contributed by atoms with E-state index in [1.54, 1.807) is 7.11 Å². The van der Waals surface area contributed by atoms with E-state index in [-0.39, 0.29) is 0 Å². The van der Waals surface area contributed by atoms with E-state index in [9.17, 15) is 0 Å². The molecule has 0 N–H and O–H groups in total. The maximum atomic E-state index is 5.64. The van der Waals surface area contributed by atoms with Crippen LogP contribution in [0, 0.1) is 0 Å². The summed E-state index contributed by atoms with van der Waals surface area (Å²) in [6, 6.07) is 0.696. The lowest BCUT2D eigenvalue weighted by atomic mass is 9.97. The number of morpholine rings is 1. The molecule has 3 saturated heterocycles. The Kier molecular flexibility index (Phi) is 3.19. The fourth-order valence-electron chi connectivity index (χ4n) is 2.32. The van der Waals surface area contributed by atoms with Crippen molar-refractivity contribution in [2.45, 2.75) is 31.4 Å². The Morgan fingerprint density at radius 2 is 2.38 bits per heavy atom. The van der Waals surface area contributed by atoms with Gasteiger partial charge >= 0.3 is 0 Å². The smallest absolute Gasteiger partial charge is 0.0703 e. The predicted molar refractivity (Wildman–Crippen MR) is 50.8 cm³/mol. The lowest BCUT2D eigenvalue weighted by molar-refractivity contribution is -0.106. The zero-order valence-corrected chi connectivity index (χ0v) is 8.37. The van der Waals surface area contributed by atoms with Gasteiger partial charge in [0, 0.05) is 32.8 Å². The molecule has 3 aliphatic rings. The molecule has 3 rings (SSSR count). The van der Waals surface area contributed by atoms with E-state index in [0.29, 0.717) is 12.1 Å². The van der Waals surface area contributed by atoms with E-state index >= 15 is 0 Å². The summed E-state index contributed by atoms with van der Waals surface area (Å²) in [6.45, 7) is 4.17. The maximum Gasteiger partial charge on any atom is 0.0703 e. The number of hydrogen-bond acceptors (Lipinski definition) is 3. The highest BCUT2D eigenvalue weighted by Crippen LogP contribution is 2.25. The van der Waals surface area contributed by atoms with Gasteiger partial charge in [-0.2, -0.15) is 0 Å². The van der Waals surface area contributed by atoms with Crippen LogP contribution in [0.1, 0.15) is 19.3 Å². The number of fused-ring (bicyclic) bond motifs is 3. The van der Waals surface area contributed by atoms with Crippen molar-refractivity contribution in [2.75, 3.05) is 33.4 Å². The van der Waals surface area contributed by atoms with E-state index < -0.39 is 0 Å². The van der Waals surface area contributed by atoms with Gasteiger partial charge in [-0.05, 0) is 19.3 Å². The average molecular weight is 185 g/mol. The van der Waals surface area contributed by atoms with Gasteiger partial charge < -0.3 is 9.47 Å².